The average molecular weight is 430 g/mol. The third kappa shape index (κ3) is 6.05. The Labute approximate surface area is 174 Å². The predicted molar refractivity (Wildman–Crippen MR) is 114 cm³/mol. The van der Waals surface area contributed by atoms with Gasteiger partial charge in [-0.25, -0.2) is 13.2 Å². The quantitative estimate of drug-likeness (QED) is 0.577. The van der Waals surface area contributed by atoms with E-state index in [-0.39, 0.29) is 23.3 Å². The standard InChI is InChI=1S/C20H22N4O5S/c1-13(25)21-16-6-3-7-17(11-16)22-19(26)14-4-2-5-15(10-14)23-20(27)24-18-8-9-30(28,29)12-18/h2-7,10-11,18H,8-9,12H2,1H3,(H,21,25)(H,22,26)(H2,23,24,27)/t18-/m1/s1. The van der Waals surface area contributed by atoms with Crippen molar-refractivity contribution in [1.29, 1.82) is 0 Å². The Hall–Kier alpha value is -3.40. The van der Waals surface area contributed by atoms with Gasteiger partial charge in [-0.05, 0) is 42.8 Å². The number of urea groups is 1. The van der Waals surface area contributed by atoms with Crippen LogP contribution in [0.2, 0.25) is 0 Å². The smallest absolute Gasteiger partial charge is 0.319 e. The average Bonchev–Trinajstić information content (AvgIpc) is 2.99. The second-order valence-corrected chi connectivity index (χ2v) is 9.22. The number of amides is 4. The largest absolute Gasteiger partial charge is 0.334 e. The van der Waals surface area contributed by atoms with E-state index in [1.54, 1.807) is 42.5 Å². The first kappa shape index (κ1) is 21.3. The normalized spacial score (nSPS) is 17.0. The molecule has 0 radical (unpaired) electrons. The Balaban J connectivity index is 1.61. The topological polar surface area (TPSA) is 133 Å². The highest BCUT2D eigenvalue weighted by molar-refractivity contribution is 7.91. The van der Waals surface area contributed by atoms with Crippen LogP contribution in [0.4, 0.5) is 21.9 Å². The van der Waals surface area contributed by atoms with Crippen LogP contribution >= 0.6 is 0 Å². The number of hydrogen-bond acceptors (Lipinski definition) is 5. The Morgan fingerprint density at radius 3 is 2.17 bits per heavy atom. The van der Waals surface area contributed by atoms with Gasteiger partial charge in [0, 0.05) is 35.6 Å². The second kappa shape index (κ2) is 8.95. The van der Waals surface area contributed by atoms with Crippen molar-refractivity contribution in [3.05, 3.63) is 54.1 Å². The molecular formula is C20H22N4O5S. The van der Waals surface area contributed by atoms with Gasteiger partial charge < -0.3 is 21.3 Å². The first-order valence-corrected chi connectivity index (χ1v) is 11.1. The van der Waals surface area contributed by atoms with Gasteiger partial charge in [0.1, 0.15) is 0 Å². The highest BCUT2D eigenvalue weighted by atomic mass is 32.2. The maximum Gasteiger partial charge on any atom is 0.319 e. The van der Waals surface area contributed by atoms with E-state index in [0.29, 0.717) is 29.0 Å². The summed E-state index contributed by atoms with van der Waals surface area (Å²) in [5.41, 5.74) is 1.78. The lowest BCUT2D eigenvalue weighted by Gasteiger charge is -2.13. The monoisotopic (exact) mass is 430 g/mol. The minimum Gasteiger partial charge on any atom is -0.334 e. The predicted octanol–water partition coefficient (Wildman–Crippen LogP) is 2.21. The van der Waals surface area contributed by atoms with E-state index in [1.807, 2.05) is 0 Å². The van der Waals surface area contributed by atoms with Crippen LogP contribution in [0.15, 0.2) is 48.5 Å². The summed E-state index contributed by atoms with van der Waals surface area (Å²) in [6.07, 6.45) is 0.385. The first-order valence-electron chi connectivity index (χ1n) is 9.27. The van der Waals surface area contributed by atoms with E-state index in [9.17, 15) is 22.8 Å². The molecule has 0 unspecified atom stereocenters. The third-order valence-corrected chi connectivity index (χ3v) is 6.16. The molecule has 4 N–H and O–H groups in total. The van der Waals surface area contributed by atoms with Crippen molar-refractivity contribution in [2.24, 2.45) is 0 Å². The molecule has 1 aliphatic heterocycles. The number of hydrogen-bond donors (Lipinski definition) is 4. The minimum atomic E-state index is -3.09. The molecular weight excluding hydrogens is 408 g/mol. The molecule has 3 rings (SSSR count). The lowest BCUT2D eigenvalue weighted by molar-refractivity contribution is -0.114. The SMILES string of the molecule is CC(=O)Nc1cccc(NC(=O)c2cccc(NC(=O)N[C@@H]3CCS(=O)(=O)C3)c2)c1. The molecule has 0 aliphatic carbocycles. The molecule has 10 heteroatoms. The summed E-state index contributed by atoms with van der Waals surface area (Å²) in [6.45, 7) is 1.39. The van der Waals surface area contributed by atoms with Crippen LogP contribution in [0.1, 0.15) is 23.7 Å². The summed E-state index contributed by atoms with van der Waals surface area (Å²) < 4.78 is 23.0. The fourth-order valence-corrected chi connectivity index (χ4v) is 4.75. The molecule has 158 valence electrons. The number of anilines is 3. The van der Waals surface area contributed by atoms with Crippen molar-refractivity contribution < 1.29 is 22.8 Å². The lowest BCUT2D eigenvalue weighted by Crippen LogP contribution is -2.38. The van der Waals surface area contributed by atoms with Crippen molar-refractivity contribution in [2.75, 3.05) is 27.5 Å². The Morgan fingerprint density at radius 1 is 0.900 bits per heavy atom. The summed E-state index contributed by atoms with van der Waals surface area (Å²) in [4.78, 5) is 35.8. The zero-order valence-corrected chi connectivity index (χ0v) is 17.1. The molecule has 0 aromatic heterocycles. The Kier molecular flexibility index (Phi) is 6.36. The number of benzene rings is 2. The van der Waals surface area contributed by atoms with Gasteiger partial charge in [-0.2, -0.15) is 0 Å². The van der Waals surface area contributed by atoms with Crippen molar-refractivity contribution in [1.82, 2.24) is 5.32 Å². The fraction of sp³-hybridized carbons (Fsp3) is 0.250. The van der Waals surface area contributed by atoms with Crippen molar-refractivity contribution in [3.63, 3.8) is 0 Å². The fourth-order valence-electron chi connectivity index (χ4n) is 3.08. The van der Waals surface area contributed by atoms with E-state index in [1.165, 1.54) is 13.0 Å². The van der Waals surface area contributed by atoms with Crippen LogP contribution in [0.3, 0.4) is 0 Å². The molecule has 1 aliphatic rings. The lowest BCUT2D eigenvalue weighted by atomic mass is 10.1. The molecule has 2 aromatic rings. The van der Waals surface area contributed by atoms with Crippen LogP contribution in [-0.2, 0) is 14.6 Å². The summed E-state index contributed by atoms with van der Waals surface area (Å²) in [5, 5.41) is 10.6. The van der Waals surface area contributed by atoms with Crippen LogP contribution in [0, 0.1) is 0 Å². The van der Waals surface area contributed by atoms with Crippen molar-refractivity contribution in [3.8, 4) is 0 Å². The summed E-state index contributed by atoms with van der Waals surface area (Å²) in [7, 11) is -3.09. The summed E-state index contributed by atoms with van der Waals surface area (Å²) >= 11 is 0. The number of rotatable bonds is 5. The molecule has 4 amide bonds. The third-order valence-electron chi connectivity index (χ3n) is 4.39. The van der Waals surface area contributed by atoms with Gasteiger partial charge >= 0.3 is 6.03 Å². The van der Waals surface area contributed by atoms with Crippen LogP contribution in [0.5, 0.6) is 0 Å². The minimum absolute atomic E-state index is 0.0662. The number of carbonyl (C=O) groups excluding carboxylic acids is 3. The van der Waals surface area contributed by atoms with Crippen LogP contribution < -0.4 is 21.3 Å². The molecule has 1 heterocycles. The maximum absolute atomic E-state index is 12.5. The number of carbonyl (C=O) groups is 3. The maximum atomic E-state index is 12.5. The first-order chi connectivity index (χ1) is 14.2. The van der Waals surface area contributed by atoms with Gasteiger partial charge in [0.25, 0.3) is 5.91 Å². The van der Waals surface area contributed by atoms with Crippen molar-refractivity contribution >= 4 is 44.7 Å². The zero-order valence-electron chi connectivity index (χ0n) is 16.3. The Bertz CT molecular complexity index is 1080. The second-order valence-electron chi connectivity index (χ2n) is 7.00. The van der Waals surface area contributed by atoms with Gasteiger partial charge in [0.2, 0.25) is 5.91 Å². The van der Waals surface area contributed by atoms with Crippen LogP contribution in [-0.4, -0.2) is 43.8 Å². The Morgan fingerprint density at radius 2 is 1.53 bits per heavy atom. The summed E-state index contributed by atoms with van der Waals surface area (Å²) in [6, 6.07) is 12.1. The van der Waals surface area contributed by atoms with Crippen molar-refractivity contribution in [2.45, 2.75) is 19.4 Å². The molecule has 1 atom stereocenters. The van der Waals surface area contributed by atoms with Gasteiger partial charge in [-0.1, -0.05) is 12.1 Å². The molecule has 2 aromatic carbocycles. The molecule has 0 spiro atoms. The van der Waals surface area contributed by atoms with E-state index in [2.05, 4.69) is 21.3 Å². The molecule has 1 saturated heterocycles. The number of sulfone groups is 1. The molecule has 30 heavy (non-hydrogen) atoms. The van der Waals surface area contributed by atoms with Gasteiger partial charge in [-0.15, -0.1) is 0 Å². The van der Waals surface area contributed by atoms with E-state index < -0.39 is 21.9 Å². The highest BCUT2D eigenvalue weighted by Gasteiger charge is 2.28. The number of nitrogens with one attached hydrogen (secondary N) is 4. The van der Waals surface area contributed by atoms with E-state index in [4.69, 9.17) is 0 Å². The molecule has 1 fully saturated rings. The van der Waals surface area contributed by atoms with Gasteiger partial charge in [0.15, 0.2) is 9.84 Å². The van der Waals surface area contributed by atoms with Crippen LogP contribution in [0.25, 0.3) is 0 Å². The van der Waals surface area contributed by atoms with E-state index in [0.717, 1.165) is 0 Å². The van der Waals surface area contributed by atoms with Gasteiger partial charge in [0.05, 0.1) is 11.5 Å². The highest BCUT2D eigenvalue weighted by Crippen LogP contribution is 2.18. The molecule has 0 bridgehead atoms. The molecule has 9 nitrogen and oxygen atoms in total. The molecule has 0 saturated carbocycles. The van der Waals surface area contributed by atoms with Gasteiger partial charge in [-0.3, -0.25) is 9.59 Å². The van der Waals surface area contributed by atoms with E-state index >= 15 is 0 Å². The summed E-state index contributed by atoms with van der Waals surface area (Å²) in [5.74, 6) is -0.608. The zero-order chi connectivity index (χ0) is 21.7.